The van der Waals surface area contributed by atoms with E-state index < -0.39 is 0 Å². The first-order chi connectivity index (χ1) is 8.16. The van der Waals surface area contributed by atoms with Gasteiger partial charge in [-0.2, -0.15) is 0 Å². The first-order valence-corrected chi connectivity index (χ1v) is 6.09. The Morgan fingerprint density at radius 1 is 1.24 bits per heavy atom. The summed E-state index contributed by atoms with van der Waals surface area (Å²) in [6, 6.07) is 0. The SMILES string of the molecule is NC(=O)CCCCc1nc(N)c2c(n1)CCC2. The van der Waals surface area contributed by atoms with Crippen LogP contribution in [0.15, 0.2) is 0 Å². The number of primary amides is 1. The topological polar surface area (TPSA) is 94.9 Å². The number of nitrogens with zero attached hydrogens (tertiary/aromatic N) is 2. The zero-order valence-corrected chi connectivity index (χ0v) is 9.91. The van der Waals surface area contributed by atoms with E-state index in [4.69, 9.17) is 11.5 Å². The minimum atomic E-state index is -0.251. The summed E-state index contributed by atoms with van der Waals surface area (Å²) in [6.07, 6.45) is 6.00. The minimum Gasteiger partial charge on any atom is -0.383 e. The number of anilines is 1. The zero-order chi connectivity index (χ0) is 12.3. The van der Waals surface area contributed by atoms with Gasteiger partial charge in [0.05, 0.1) is 0 Å². The fourth-order valence-corrected chi connectivity index (χ4v) is 2.21. The van der Waals surface area contributed by atoms with E-state index in [1.54, 1.807) is 0 Å². The van der Waals surface area contributed by atoms with Crippen LogP contribution in [0.2, 0.25) is 0 Å². The molecule has 1 amide bonds. The fourth-order valence-electron chi connectivity index (χ4n) is 2.21. The van der Waals surface area contributed by atoms with E-state index in [1.807, 2.05) is 0 Å². The Morgan fingerprint density at radius 2 is 2.06 bits per heavy atom. The Morgan fingerprint density at radius 3 is 2.82 bits per heavy atom. The number of nitrogen functional groups attached to an aromatic ring is 1. The highest BCUT2D eigenvalue weighted by Gasteiger charge is 2.17. The molecule has 4 N–H and O–H groups in total. The molecule has 0 aliphatic heterocycles. The zero-order valence-electron chi connectivity index (χ0n) is 9.91. The van der Waals surface area contributed by atoms with Crippen LogP contribution in [0.25, 0.3) is 0 Å². The summed E-state index contributed by atoms with van der Waals surface area (Å²) in [4.78, 5) is 19.4. The number of amides is 1. The van der Waals surface area contributed by atoms with Crippen LogP contribution in [0.5, 0.6) is 0 Å². The average molecular weight is 234 g/mol. The van der Waals surface area contributed by atoms with Crippen LogP contribution < -0.4 is 11.5 Å². The van der Waals surface area contributed by atoms with Crippen LogP contribution >= 0.6 is 0 Å². The normalized spacial score (nSPS) is 13.6. The second kappa shape index (κ2) is 5.12. The summed E-state index contributed by atoms with van der Waals surface area (Å²) in [5.41, 5.74) is 13.2. The van der Waals surface area contributed by atoms with Gasteiger partial charge in [-0.25, -0.2) is 9.97 Å². The number of aromatic nitrogens is 2. The van der Waals surface area contributed by atoms with Gasteiger partial charge < -0.3 is 11.5 Å². The predicted molar refractivity (Wildman–Crippen MR) is 65.2 cm³/mol. The number of nitrogens with two attached hydrogens (primary N) is 2. The average Bonchev–Trinajstić information content (AvgIpc) is 2.72. The molecule has 0 unspecified atom stereocenters. The van der Waals surface area contributed by atoms with Crippen molar-refractivity contribution in [1.82, 2.24) is 9.97 Å². The Kier molecular flexibility index (Phi) is 3.56. The smallest absolute Gasteiger partial charge is 0.217 e. The number of rotatable bonds is 5. The highest BCUT2D eigenvalue weighted by atomic mass is 16.1. The molecule has 0 atom stereocenters. The van der Waals surface area contributed by atoms with Crippen LogP contribution in [0.4, 0.5) is 5.82 Å². The maximum Gasteiger partial charge on any atom is 0.217 e. The Hall–Kier alpha value is -1.65. The van der Waals surface area contributed by atoms with Gasteiger partial charge >= 0.3 is 0 Å². The van der Waals surface area contributed by atoms with Crippen molar-refractivity contribution >= 4 is 11.7 Å². The van der Waals surface area contributed by atoms with Crippen molar-refractivity contribution in [2.24, 2.45) is 5.73 Å². The van der Waals surface area contributed by atoms with Crippen molar-refractivity contribution < 1.29 is 4.79 Å². The summed E-state index contributed by atoms with van der Waals surface area (Å²) < 4.78 is 0. The number of unbranched alkanes of at least 4 members (excludes halogenated alkanes) is 1. The molecule has 1 aliphatic carbocycles. The second-order valence-electron chi connectivity index (χ2n) is 4.48. The third-order valence-electron chi connectivity index (χ3n) is 3.08. The number of hydrogen-bond donors (Lipinski definition) is 2. The molecule has 0 saturated carbocycles. The lowest BCUT2D eigenvalue weighted by Gasteiger charge is -2.06. The molecule has 1 aromatic rings. The van der Waals surface area contributed by atoms with Crippen LogP contribution in [-0.4, -0.2) is 15.9 Å². The van der Waals surface area contributed by atoms with Crippen LogP contribution in [0, 0.1) is 0 Å². The highest BCUT2D eigenvalue weighted by molar-refractivity contribution is 5.73. The van der Waals surface area contributed by atoms with Crippen molar-refractivity contribution in [2.45, 2.75) is 44.9 Å². The van der Waals surface area contributed by atoms with E-state index in [2.05, 4.69) is 9.97 Å². The molecule has 5 heteroatoms. The maximum atomic E-state index is 10.6. The van der Waals surface area contributed by atoms with Crippen LogP contribution in [-0.2, 0) is 24.1 Å². The lowest BCUT2D eigenvalue weighted by molar-refractivity contribution is -0.118. The molecule has 0 fully saturated rings. The van der Waals surface area contributed by atoms with Gasteiger partial charge in [0.15, 0.2) is 0 Å². The summed E-state index contributed by atoms with van der Waals surface area (Å²) in [7, 11) is 0. The van der Waals surface area contributed by atoms with Crippen molar-refractivity contribution in [3.05, 3.63) is 17.1 Å². The number of aryl methyl sites for hydroxylation is 2. The Balaban J connectivity index is 1.93. The van der Waals surface area contributed by atoms with E-state index in [0.717, 1.165) is 55.6 Å². The van der Waals surface area contributed by atoms with Crippen molar-refractivity contribution in [3.8, 4) is 0 Å². The van der Waals surface area contributed by atoms with E-state index in [1.165, 1.54) is 0 Å². The van der Waals surface area contributed by atoms with Gasteiger partial charge in [-0.05, 0) is 32.1 Å². The molecular formula is C12H18N4O. The maximum absolute atomic E-state index is 10.6. The van der Waals surface area contributed by atoms with E-state index >= 15 is 0 Å². The monoisotopic (exact) mass is 234 g/mol. The first-order valence-electron chi connectivity index (χ1n) is 6.09. The molecular weight excluding hydrogens is 216 g/mol. The van der Waals surface area contributed by atoms with Gasteiger partial charge in [-0.3, -0.25) is 4.79 Å². The molecule has 1 heterocycles. The largest absolute Gasteiger partial charge is 0.383 e. The lowest BCUT2D eigenvalue weighted by Crippen LogP contribution is -2.10. The number of fused-ring (bicyclic) bond motifs is 1. The van der Waals surface area contributed by atoms with Crippen LogP contribution in [0.3, 0.4) is 0 Å². The molecule has 0 bridgehead atoms. The second-order valence-corrected chi connectivity index (χ2v) is 4.48. The molecule has 0 spiro atoms. The van der Waals surface area contributed by atoms with Gasteiger partial charge in [-0.1, -0.05) is 0 Å². The molecule has 92 valence electrons. The summed E-state index contributed by atoms with van der Waals surface area (Å²) in [6.45, 7) is 0. The molecule has 2 rings (SSSR count). The Bertz CT molecular complexity index is 431. The standard InChI is InChI=1S/C12H18N4O/c13-10(17)6-1-2-7-11-15-9-5-3-4-8(9)12(14)16-11/h1-7H2,(H2,13,17)(H2,14,15,16). The van der Waals surface area contributed by atoms with E-state index in [-0.39, 0.29) is 5.91 Å². The molecule has 0 radical (unpaired) electrons. The third-order valence-corrected chi connectivity index (χ3v) is 3.08. The minimum absolute atomic E-state index is 0.251. The lowest BCUT2D eigenvalue weighted by atomic mass is 10.1. The molecule has 0 aromatic carbocycles. The highest BCUT2D eigenvalue weighted by Crippen LogP contribution is 2.24. The molecule has 5 nitrogen and oxygen atoms in total. The summed E-state index contributed by atoms with van der Waals surface area (Å²) in [5, 5.41) is 0. The van der Waals surface area contributed by atoms with Crippen molar-refractivity contribution in [2.75, 3.05) is 5.73 Å². The molecule has 1 aliphatic rings. The molecule has 1 aromatic heterocycles. The first kappa shape index (κ1) is 11.8. The number of carbonyl (C=O) groups excluding carboxylic acids is 1. The van der Waals surface area contributed by atoms with Gasteiger partial charge in [0.2, 0.25) is 5.91 Å². The third kappa shape index (κ3) is 2.93. The van der Waals surface area contributed by atoms with Gasteiger partial charge in [0.1, 0.15) is 11.6 Å². The van der Waals surface area contributed by atoms with E-state index in [9.17, 15) is 4.79 Å². The number of carbonyl (C=O) groups is 1. The molecule has 0 saturated heterocycles. The van der Waals surface area contributed by atoms with Crippen molar-refractivity contribution in [1.29, 1.82) is 0 Å². The van der Waals surface area contributed by atoms with Gasteiger partial charge in [-0.15, -0.1) is 0 Å². The van der Waals surface area contributed by atoms with Crippen molar-refractivity contribution in [3.63, 3.8) is 0 Å². The quantitative estimate of drug-likeness (QED) is 0.735. The van der Waals surface area contributed by atoms with Gasteiger partial charge in [0, 0.05) is 24.1 Å². The molecule has 17 heavy (non-hydrogen) atoms. The fraction of sp³-hybridized carbons (Fsp3) is 0.583. The van der Waals surface area contributed by atoms with E-state index in [0.29, 0.717) is 12.2 Å². The number of hydrogen-bond acceptors (Lipinski definition) is 4. The predicted octanol–water partition coefficient (Wildman–Crippen LogP) is 0.746. The summed E-state index contributed by atoms with van der Waals surface area (Å²) >= 11 is 0. The van der Waals surface area contributed by atoms with Crippen LogP contribution in [0.1, 0.15) is 42.8 Å². The van der Waals surface area contributed by atoms with Gasteiger partial charge in [0.25, 0.3) is 0 Å². The Labute approximate surface area is 101 Å². The summed E-state index contributed by atoms with van der Waals surface area (Å²) in [5.74, 6) is 1.18.